The van der Waals surface area contributed by atoms with Crippen molar-refractivity contribution in [3.05, 3.63) is 65.5 Å². The van der Waals surface area contributed by atoms with Crippen LogP contribution in [0.25, 0.3) is 0 Å². The fourth-order valence-electron chi connectivity index (χ4n) is 5.12. The molecule has 8 heteroatoms. The molecule has 2 aliphatic rings. The molecule has 4 rings (SSSR count). The minimum absolute atomic E-state index is 0.0655. The molecule has 0 saturated carbocycles. The third-order valence-electron chi connectivity index (χ3n) is 6.92. The van der Waals surface area contributed by atoms with Gasteiger partial charge < -0.3 is 20.6 Å². The van der Waals surface area contributed by atoms with Crippen LogP contribution in [0.5, 0.6) is 0 Å². The van der Waals surface area contributed by atoms with Crippen LogP contribution in [-0.2, 0) is 11.2 Å². The van der Waals surface area contributed by atoms with Gasteiger partial charge in [-0.15, -0.1) is 0 Å². The van der Waals surface area contributed by atoms with Crippen molar-refractivity contribution in [2.45, 2.75) is 38.1 Å². The van der Waals surface area contributed by atoms with Gasteiger partial charge in [0.15, 0.2) is 0 Å². The second-order valence-corrected chi connectivity index (χ2v) is 8.98. The number of likely N-dealkylation sites (tertiary alicyclic amines) is 2. The molecule has 2 aromatic rings. The van der Waals surface area contributed by atoms with Crippen molar-refractivity contribution >= 4 is 17.9 Å². The fraction of sp³-hybridized carbons (Fsp3) is 0.440. The lowest BCUT2D eigenvalue weighted by atomic mass is 9.77. The molecule has 1 aromatic heterocycles. The Morgan fingerprint density at radius 2 is 1.91 bits per heavy atom. The van der Waals surface area contributed by atoms with E-state index in [1.165, 1.54) is 4.90 Å². The molecule has 3 heterocycles. The highest BCUT2D eigenvalue weighted by Gasteiger charge is 2.41. The SMILES string of the molecule is NC(=O)C1CN(C(=O)O)C(c2cccnc2)CC1CCc1cccc(C(=O)N2CCCC2)c1. The molecule has 1 aromatic carbocycles. The zero-order valence-corrected chi connectivity index (χ0v) is 18.6. The molecule has 0 radical (unpaired) electrons. The average molecular weight is 451 g/mol. The minimum Gasteiger partial charge on any atom is -0.465 e. The summed E-state index contributed by atoms with van der Waals surface area (Å²) in [6, 6.07) is 10.9. The van der Waals surface area contributed by atoms with Crippen LogP contribution < -0.4 is 5.73 Å². The maximum absolute atomic E-state index is 12.7. The highest BCUT2D eigenvalue weighted by atomic mass is 16.4. The summed E-state index contributed by atoms with van der Waals surface area (Å²) in [4.78, 5) is 44.2. The first-order valence-corrected chi connectivity index (χ1v) is 11.5. The Bertz CT molecular complexity index is 1010. The Morgan fingerprint density at radius 3 is 2.58 bits per heavy atom. The van der Waals surface area contributed by atoms with E-state index in [1.807, 2.05) is 35.2 Å². The molecule has 0 spiro atoms. The molecule has 0 bridgehead atoms. The molecule has 174 valence electrons. The number of carbonyl (C=O) groups is 3. The third-order valence-corrected chi connectivity index (χ3v) is 6.92. The summed E-state index contributed by atoms with van der Waals surface area (Å²) in [5.74, 6) is -1.03. The van der Waals surface area contributed by atoms with Gasteiger partial charge in [0.2, 0.25) is 5.91 Å². The molecule has 3 unspecified atom stereocenters. The standard InChI is InChI=1S/C25H30N4O4/c26-23(30)21-16-29(25(32)33)22(20-7-4-10-27-15-20)14-18(21)9-8-17-5-3-6-19(13-17)24(31)28-11-1-2-12-28/h3-7,10,13,15,18,21-22H,1-2,8-9,11-12,14,16H2,(H2,26,30)(H,32,33). The van der Waals surface area contributed by atoms with E-state index in [4.69, 9.17) is 5.73 Å². The molecular weight excluding hydrogens is 420 g/mol. The number of primary amides is 1. The summed E-state index contributed by atoms with van der Waals surface area (Å²) in [7, 11) is 0. The second kappa shape index (κ2) is 10.0. The Hall–Kier alpha value is -3.42. The van der Waals surface area contributed by atoms with Crippen molar-refractivity contribution in [3.8, 4) is 0 Å². The van der Waals surface area contributed by atoms with Gasteiger partial charge in [0.25, 0.3) is 5.91 Å². The number of nitrogens with two attached hydrogens (primary N) is 1. The number of benzene rings is 1. The number of aryl methyl sites for hydroxylation is 1. The first kappa shape index (κ1) is 22.8. The second-order valence-electron chi connectivity index (χ2n) is 8.98. The van der Waals surface area contributed by atoms with Gasteiger partial charge in [-0.1, -0.05) is 18.2 Å². The van der Waals surface area contributed by atoms with Gasteiger partial charge in [0.05, 0.1) is 12.0 Å². The van der Waals surface area contributed by atoms with Gasteiger partial charge in [-0.3, -0.25) is 14.6 Å². The number of piperidine rings is 1. The van der Waals surface area contributed by atoms with Gasteiger partial charge >= 0.3 is 6.09 Å². The van der Waals surface area contributed by atoms with E-state index < -0.39 is 17.9 Å². The number of aromatic nitrogens is 1. The zero-order valence-electron chi connectivity index (χ0n) is 18.6. The van der Waals surface area contributed by atoms with Crippen LogP contribution in [0.1, 0.15) is 53.2 Å². The molecule has 2 saturated heterocycles. The Kier molecular flexibility index (Phi) is 6.91. The lowest BCUT2D eigenvalue weighted by molar-refractivity contribution is -0.126. The summed E-state index contributed by atoms with van der Waals surface area (Å²) < 4.78 is 0. The van der Waals surface area contributed by atoms with Gasteiger partial charge in [-0.25, -0.2) is 4.79 Å². The monoisotopic (exact) mass is 450 g/mol. The number of hydrogen-bond donors (Lipinski definition) is 2. The fourth-order valence-corrected chi connectivity index (χ4v) is 5.12. The Labute approximate surface area is 193 Å². The van der Waals surface area contributed by atoms with E-state index in [2.05, 4.69) is 4.98 Å². The summed E-state index contributed by atoms with van der Waals surface area (Å²) in [5, 5.41) is 9.75. The van der Waals surface area contributed by atoms with Crippen LogP contribution in [0, 0.1) is 11.8 Å². The summed E-state index contributed by atoms with van der Waals surface area (Å²) in [6.45, 7) is 1.69. The van der Waals surface area contributed by atoms with Crippen LogP contribution >= 0.6 is 0 Å². The molecule has 0 aliphatic carbocycles. The van der Waals surface area contributed by atoms with Gasteiger partial charge in [0, 0.05) is 37.6 Å². The van der Waals surface area contributed by atoms with Crippen molar-refractivity contribution in [2.75, 3.05) is 19.6 Å². The van der Waals surface area contributed by atoms with Crippen LogP contribution in [0.3, 0.4) is 0 Å². The Morgan fingerprint density at radius 1 is 1.12 bits per heavy atom. The Balaban J connectivity index is 1.50. The summed E-state index contributed by atoms with van der Waals surface area (Å²) in [6.07, 6.45) is 6.22. The van der Waals surface area contributed by atoms with Crippen LogP contribution in [-0.4, -0.2) is 57.4 Å². The maximum Gasteiger partial charge on any atom is 0.407 e. The molecule has 3 amide bonds. The predicted molar refractivity (Wildman–Crippen MR) is 122 cm³/mol. The van der Waals surface area contributed by atoms with E-state index in [9.17, 15) is 19.5 Å². The topological polar surface area (TPSA) is 117 Å². The largest absolute Gasteiger partial charge is 0.465 e. The summed E-state index contributed by atoms with van der Waals surface area (Å²) in [5.41, 5.74) is 8.22. The van der Waals surface area contributed by atoms with E-state index in [-0.39, 0.29) is 24.4 Å². The molecule has 3 N–H and O–H groups in total. The first-order chi connectivity index (χ1) is 15.9. The van der Waals surface area contributed by atoms with Crippen LogP contribution in [0.4, 0.5) is 4.79 Å². The number of pyridine rings is 1. The lowest BCUT2D eigenvalue weighted by Gasteiger charge is -2.42. The molecule has 2 aliphatic heterocycles. The van der Waals surface area contributed by atoms with Gasteiger partial charge in [-0.05, 0) is 67.3 Å². The number of rotatable bonds is 6. The number of amides is 3. The quantitative estimate of drug-likeness (QED) is 0.701. The number of carbonyl (C=O) groups excluding carboxylic acids is 2. The highest BCUT2D eigenvalue weighted by Crippen LogP contribution is 2.39. The lowest BCUT2D eigenvalue weighted by Crippen LogP contribution is -2.49. The first-order valence-electron chi connectivity index (χ1n) is 11.5. The van der Waals surface area contributed by atoms with Crippen LogP contribution in [0.15, 0.2) is 48.8 Å². The smallest absolute Gasteiger partial charge is 0.407 e. The third kappa shape index (κ3) is 5.16. The zero-order chi connectivity index (χ0) is 23.4. The van der Waals surface area contributed by atoms with E-state index in [0.717, 1.165) is 37.1 Å². The van der Waals surface area contributed by atoms with E-state index in [0.29, 0.717) is 24.8 Å². The summed E-state index contributed by atoms with van der Waals surface area (Å²) >= 11 is 0. The number of carboxylic acid groups (broad SMARTS) is 1. The number of hydrogen-bond acceptors (Lipinski definition) is 4. The highest BCUT2D eigenvalue weighted by molar-refractivity contribution is 5.94. The van der Waals surface area contributed by atoms with Crippen molar-refractivity contribution in [2.24, 2.45) is 17.6 Å². The molecule has 2 fully saturated rings. The normalized spacial score (nSPS) is 22.8. The van der Waals surface area contributed by atoms with E-state index >= 15 is 0 Å². The molecular formula is C25H30N4O4. The average Bonchev–Trinajstić information content (AvgIpc) is 3.37. The maximum atomic E-state index is 12.7. The molecule has 3 atom stereocenters. The van der Waals surface area contributed by atoms with E-state index in [1.54, 1.807) is 18.5 Å². The predicted octanol–water partition coefficient (Wildman–Crippen LogP) is 3.09. The van der Waals surface area contributed by atoms with Gasteiger partial charge in [-0.2, -0.15) is 0 Å². The van der Waals surface area contributed by atoms with Gasteiger partial charge in [0.1, 0.15) is 0 Å². The number of nitrogens with zero attached hydrogens (tertiary/aromatic N) is 3. The van der Waals surface area contributed by atoms with Crippen molar-refractivity contribution in [3.63, 3.8) is 0 Å². The van der Waals surface area contributed by atoms with Crippen molar-refractivity contribution in [1.82, 2.24) is 14.8 Å². The molecule has 8 nitrogen and oxygen atoms in total. The van der Waals surface area contributed by atoms with Crippen molar-refractivity contribution in [1.29, 1.82) is 0 Å². The molecule has 33 heavy (non-hydrogen) atoms. The van der Waals surface area contributed by atoms with Crippen LogP contribution in [0.2, 0.25) is 0 Å². The minimum atomic E-state index is -1.07. The van der Waals surface area contributed by atoms with Crippen molar-refractivity contribution < 1.29 is 19.5 Å².